The maximum Gasteiger partial charge on any atom is 0.151 e. The Balaban J connectivity index is 1.41. The van der Waals surface area contributed by atoms with Gasteiger partial charge in [0, 0.05) is 32.7 Å². The highest BCUT2D eigenvalue weighted by Gasteiger charge is 2.18. The number of ether oxygens (including phenoxy) is 1. The third kappa shape index (κ3) is 4.40. The number of aliphatic hydroxyl groups excluding tert-OH is 1. The number of para-hydroxylation sites is 1. The lowest BCUT2D eigenvalue weighted by Gasteiger charge is -2.35. The minimum Gasteiger partial charge on any atom is -0.492 e. The third-order valence-corrected chi connectivity index (χ3v) is 3.98. The highest BCUT2D eigenvalue weighted by atomic mass is 16.5. The van der Waals surface area contributed by atoms with Gasteiger partial charge in [-0.3, -0.25) is 4.90 Å². The van der Waals surface area contributed by atoms with Gasteiger partial charge in [-0.15, -0.1) is 5.10 Å². The van der Waals surface area contributed by atoms with Gasteiger partial charge in [0.25, 0.3) is 0 Å². The average Bonchev–Trinajstić information content (AvgIpc) is 2.63. The van der Waals surface area contributed by atoms with Gasteiger partial charge in [-0.1, -0.05) is 18.2 Å². The van der Waals surface area contributed by atoms with Crippen molar-refractivity contribution in [2.45, 2.75) is 6.61 Å². The number of anilines is 1. The van der Waals surface area contributed by atoms with Crippen molar-refractivity contribution in [3.05, 3.63) is 48.2 Å². The van der Waals surface area contributed by atoms with Crippen LogP contribution in [0.25, 0.3) is 0 Å². The first-order chi connectivity index (χ1) is 11.3. The predicted molar refractivity (Wildman–Crippen MR) is 88.5 cm³/mol. The molecule has 1 saturated heterocycles. The maximum absolute atomic E-state index is 9.00. The Bertz CT molecular complexity index is 583. The average molecular weight is 314 g/mol. The summed E-state index contributed by atoms with van der Waals surface area (Å²) >= 11 is 0. The van der Waals surface area contributed by atoms with Crippen molar-refractivity contribution >= 4 is 5.82 Å². The first-order valence-corrected chi connectivity index (χ1v) is 7.94. The summed E-state index contributed by atoms with van der Waals surface area (Å²) in [6, 6.07) is 13.7. The zero-order valence-electron chi connectivity index (χ0n) is 13.1. The highest BCUT2D eigenvalue weighted by molar-refractivity contribution is 5.37. The van der Waals surface area contributed by atoms with Crippen LogP contribution in [0.4, 0.5) is 5.82 Å². The van der Waals surface area contributed by atoms with Crippen molar-refractivity contribution in [1.82, 2.24) is 15.1 Å². The molecule has 0 aliphatic carbocycles. The number of aromatic nitrogens is 2. The molecular formula is C17H22N4O2. The van der Waals surface area contributed by atoms with E-state index in [1.165, 1.54) is 0 Å². The summed E-state index contributed by atoms with van der Waals surface area (Å²) in [6.45, 7) is 5.40. The summed E-state index contributed by atoms with van der Waals surface area (Å²) in [7, 11) is 0. The molecule has 6 heteroatoms. The monoisotopic (exact) mass is 314 g/mol. The van der Waals surface area contributed by atoms with Crippen LogP contribution in [0, 0.1) is 0 Å². The summed E-state index contributed by atoms with van der Waals surface area (Å²) < 4.78 is 5.74. The smallest absolute Gasteiger partial charge is 0.151 e. The number of nitrogens with zero attached hydrogens (tertiary/aromatic N) is 4. The molecule has 6 nitrogen and oxygen atoms in total. The first kappa shape index (κ1) is 15.7. The maximum atomic E-state index is 9.00. The SMILES string of the molecule is OCc1ccc(N2CCN(CCOc3ccccc3)CC2)nn1. The summed E-state index contributed by atoms with van der Waals surface area (Å²) in [4.78, 5) is 4.62. The van der Waals surface area contributed by atoms with Crippen LogP contribution in [-0.4, -0.2) is 59.5 Å². The standard InChI is InChI=1S/C17H22N4O2/c22-14-15-6-7-17(19-18-15)21-10-8-20(9-11-21)12-13-23-16-4-2-1-3-5-16/h1-7,22H,8-14H2. The molecule has 1 aliphatic heterocycles. The number of piperazine rings is 1. The van der Waals surface area contributed by atoms with Crippen LogP contribution in [-0.2, 0) is 6.61 Å². The molecule has 0 spiro atoms. The van der Waals surface area contributed by atoms with Gasteiger partial charge in [0.2, 0.25) is 0 Å². The zero-order valence-corrected chi connectivity index (χ0v) is 13.1. The Hall–Kier alpha value is -2.18. The fourth-order valence-electron chi connectivity index (χ4n) is 2.62. The van der Waals surface area contributed by atoms with Gasteiger partial charge in [-0.25, -0.2) is 0 Å². The van der Waals surface area contributed by atoms with Crippen LogP contribution >= 0.6 is 0 Å². The van der Waals surface area contributed by atoms with E-state index in [4.69, 9.17) is 9.84 Å². The summed E-state index contributed by atoms with van der Waals surface area (Å²) in [5.41, 5.74) is 0.602. The molecule has 1 aromatic heterocycles. The van der Waals surface area contributed by atoms with E-state index in [0.29, 0.717) is 12.3 Å². The van der Waals surface area contributed by atoms with Gasteiger partial charge in [-0.2, -0.15) is 5.10 Å². The number of aliphatic hydroxyl groups is 1. The van der Waals surface area contributed by atoms with Crippen molar-refractivity contribution < 1.29 is 9.84 Å². The minimum atomic E-state index is -0.0670. The van der Waals surface area contributed by atoms with E-state index in [1.807, 2.05) is 42.5 Å². The summed E-state index contributed by atoms with van der Waals surface area (Å²) in [5, 5.41) is 17.2. The van der Waals surface area contributed by atoms with Gasteiger partial charge in [0.15, 0.2) is 5.82 Å². The van der Waals surface area contributed by atoms with E-state index < -0.39 is 0 Å². The molecule has 1 aliphatic rings. The minimum absolute atomic E-state index is 0.0670. The van der Waals surface area contributed by atoms with Crippen LogP contribution < -0.4 is 9.64 Å². The van der Waals surface area contributed by atoms with Gasteiger partial charge < -0.3 is 14.7 Å². The van der Waals surface area contributed by atoms with Gasteiger partial charge in [-0.05, 0) is 24.3 Å². The molecular weight excluding hydrogens is 292 g/mol. The molecule has 23 heavy (non-hydrogen) atoms. The van der Waals surface area contributed by atoms with E-state index in [0.717, 1.165) is 44.3 Å². The second kappa shape index (κ2) is 7.89. The Morgan fingerprint density at radius 2 is 1.74 bits per heavy atom. The van der Waals surface area contributed by atoms with Crippen molar-refractivity contribution in [1.29, 1.82) is 0 Å². The van der Waals surface area contributed by atoms with E-state index in [1.54, 1.807) is 0 Å². The van der Waals surface area contributed by atoms with Gasteiger partial charge >= 0.3 is 0 Å². The fourth-order valence-corrected chi connectivity index (χ4v) is 2.62. The van der Waals surface area contributed by atoms with Gasteiger partial charge in [0.05, 0.1) is 12.3 Å². The molecule has 2 heterocycles. The molecule has 3 rings (SSSR count). The van der Waals surface area contributed by atoms with Crippen molar-refractivity contribution in [2.75, 3.05) is 44.2 Å². The van der Waals surface area contributed by atoms with Crippen molar-refractivity contribution in [3.63, 3.8) is 0 Å². The lowest BCUT2D eigenvalue weighted by Crippen LogP contribution is -2.47. The van der Waals surface area contributed by atoms with Crippen LogP contribution in [0.5, 0.6) is 5.75 Å². The predicted octanol–water partition coefficient (Wildman–Crippen LogP) is 1.17. The van der Waals surface area contributed by atoms with E-state index in [9.17, 15) is 0 Å². The van der Waals surface area contributed by atoms with E-state index in [2.05, 4.69) is 20.0 Å². The normalized spacial score (nSPS) is 15.6. The largest absolute Gasteiger partial charge is 0.492 e. The highest BCUT2D eigenvalue weighted by Crippen LogP contribution is 2.13. The lowest BCUT2D eigenvalue weighted by atomic mass is 10.3. The molecule has 1 fully saturated rings. The second-order valence-electron chi connectivity index (χ2n) is 5.53. The van der Waals surface area contributed by atoms with Crippen molar-refractivity contribution in [2.24, 2.45) is 0 Å². The number of benzene rings is 1. The Morgan fingerprint density at radius 1 is 0.957 bits per heavy atom. The van der Waals surface area contributed by atoms with Crippen LogP contribution in [0.15, 0.2) is 42.5 Å². The fraction of sp³-hybridized carbons (Fsp3) is 0.412. The van der Waals surface area contributed by atoms with Crippen LogP contribution in [0.1, 0.15) is 5.69 Å². The number of rotatable bonds is 6. The molecule has 0 amide bonds. The van der Waals surface area contributed by atoms with Gasteiger partial charge in [0.1, 0.15) is 12.4 Å². The topological polar surface area (TPSA) is 61.7 Å². The molecule has 1 aromatic carbocycles. The molecule has 0 unspecified atom stereocenters. The molecule has 0 bridgehead atoms. The van der Waals surface area contributed by atoms with Crippen molar-refractivity contribution in [3.8, 4) is 5.75 Å². The third-order valence-electron chi connectivity index (χ3n) is 3.98. The molecule has 0 radical (unpaired) electrons. The van der Waals surface area contributed by atoms with E-state index in [-0.39, 0.29) is 6.61 Å². The molecule has 122 valence electrons. The lowest BCUT2D eigenvalue weighted by molar-refractivity contribution is 0.200. The second-order valence-corrected chi connectivity index (χ2v) is 5.53. The molecule has 1 N–H and O–H groups in total. The summed E-state index contributed by atoms with van der Waals surface area (Å²) in [5.74, 6) is 1.80. The Labute approximate surface area is 136 Å². The quantitative estimate of drug-likeness (QED) is 0.864. The van der Waals surface area contributed by atoms with E-state index >= 15 is 0 Å². The summed E-state index contributed by atoms with van der Waals surface area (Å²) in [6.07, 6.45) is 0. The molecule has 0 atom stereocenters. The number of hydrogen-bond donors (Lipinski definition) is 1. The molecule has 0 saturated carbocycles. The van der Waals surface area contributed by atoms with Crippen LogP contribution in [0.2, 0.25) is 0 Å². The number of hydrogen-bond acceptors (Lipinski definition) is 6. The molecule has 2 aromatic rings. The first-order valence-electron chi connectivity index (χ1n) is 7.94. The Morgan fingerprint density at radius 3 is 2.39 bits per heavy atom. The van der Waals surface area contributed by atoms with Crippen LogP contribution in [0.3, 0.4) is 0 Å². The zero-order chi connectivity index (χ0) is 15.9. The Kier molecular flexibility index (Phi) is 5.39.